The molecule has 9 heteroatoms. The molecule has 1 amide bonds. The number of amides is 1. The zero-order valence-electron chi connectivity index (χ0n) is 18.7. The fraction of sp³-hybridized carbons (Fsp3) is 0.348. The quantitative estimate of drug-likeness (QED) is 0.423. The van der Waals surface area contributed by atoms with Gasteiger partial charge in [0.2, 0.25) is 5.91 Å². The summed E-state index contributed by atoms with van der Waals surface area (Å²) in [5, 5.41) is 12.1. The maximum Gasteiger partial charge on any atom is 0.234 e. The zero-order valence-corrected chi connectivity index (χ0v) is 19.5. The van der Waals surface area contributed by atoms with E-state index in [1.54, 1.807) is 7.11 Å². The van der Waals surface area contributed by atoms with Gasteiger partial charge in [0.15, 0.2) is 28.6 Å². The van der Waals surface area contributed by atoms with Crippen LogP contribution < -0.4 is 19.5 Å². The lowest BCUT2D eigenvalue weighted by Crippen LogP contribution is -2.15. The average molecular weight is 457 g/mol. The van der Waals surface area contributed by atoms with Gasteiger partial charge in [-0.2, -0.15) is 0 Å². The summed E-state index contributed by atoms with van der Waals surface area (Å²) in [4.78, 5) is 12.4. The number of nitrogens with zero attached hydrogens (tertiary/aromatic N) is 3. The second-order valence-corrected chi connectivity index (χ2v) is 7.73. The van der Waals surface area contributed by atoms with E-state index in [1.807, 2.05) is 73.9 Å². The highest BCUT2D eigenvalue weighted by atomic mass is 32.2. The highest BCUT2D eigenvalue weighted by Gasteiger charge is 2.20. The SMILES string of the molecule is CCOc1ccc(NC(=O)CSc2nnc(C(C)Oc3ccccc3OC)n2CC)cc1. The second-order valence-electron chi connectivity index (χ2n) is 6.79. The summed E-state index contributed by atoms with van der Waals surface area (Å²) in [6.45, 7) is 7.11. The average Bonchev–Trinajstić information content (AvgIpc) is 3.22. The van der Waals surface area contributed by atoms with Crippen LogP contribution in [0.25, 0.3) is 0 Å². The van der Waals surface area contributed by atoms with Crippen molar-refractivity contribution < 1.29 is 19.0 Å². The minimum atomic E-state index is -0.342. The molecule has 2 aromatic carbocycles. The lowest BCUT2D eigenvalue weighted by Gasteiger charge is -2.17. The Hall–Kier alpha value is -3.20. The van der Waals surface area contributed by atoms with E-state index < -0.39 is 0 Å². The van der Waals surface area contributed by atoms with Gasteiger partial charge in [-0.3, -0.25) is 4.79 Å². The Balaban J connectivity index is 1.61. The number of para-hydroxylation sites is 2. The third-order valence-electron chi connectivity index (χ3n) is 4.58. The van der Waals surface area contributed by atoms with Gasteiger partial charge >= 0.3 is 0 Å². The van der Waals surface area contributed by atoms with Crippen molar-refractivity contribution in [2.45, 2.75) is 38.6 Å². The molecular formula is C23H28N4O4S. The van der Waals surface area contributed by atoms with Crippen LogP contribution in [-0.2, 0) is 11.3 Å². The van der Waals surface area contributed by atoms with Gasteiger partial charge in [-0.25, -0.2) is 0 Å². The Morgan fingerprint density at radius 1 is 1.09 bits per heavy atom. The Bertz CT molecular complexity index is 1020. The first-order chi connectivity index (χ1) is 15.5. The molecule has 1 atom stereocenters. The standard InChI is InChI=1S/C23H28N4O4S/c1-5-27-22(16(3)31-20-10-8-7-9-19(20)29-4)25-26-23(27)32-15-21(28)24-17-11-13-18(14-12-17)30-6-2/h7-14,16H,5-6,15H2,1-4H3,(H,24,28). The number of carbonyl (C=O) groups excluding carboxylic acids is 1. The van der Waals surface area contributed by atoms with Crippen LogP contribution in [0, 0.1) is 0 Å². The summed E-state index contributed by atoms with van der Waals surface area (Å²) >= 11 is 1.33. The molecule has 0 fully saturated rings. The summed E-state index contributed by atoms with van der Waals surface area (Å²) < 4.78 is 18.8. The smallest absolute Gasteiger partial charge is 0.234 e. The number of hydrogen-bond acceptors (Lipinski definition) is 7. The third-order valence-corrected chi connectivity index (χ3v) is 5.55. The minimum Gasteiger partial charge on any atom is -0.494 e. The zero-order chi connectivity index (χ0) is 22.9. The number of ether oxygens (including phenoxy) is 3. The summed E-state index contributed by atoms with van der Waals surface area (Å²) in [6, 6.07) is 14.8. The molecule has 1 N–H and O–H groups in total. The van der Waals surface area contributed by atoms with Crippen molar-refractivity contribution in [1.82, 2.24) is 14.8 Å². The first kappa shape index (κ1) is 23.5. The third kappa shape index (κ3) is 5.94. The predicted octanol–water partition coefficient (Wildman–Crippen LogP) is 4.58. The van der Waals surface area contributed by atoms with E-state index in [4.69, 9.17) is 14.2 Å². The van der Waals surface area contributed by atoms with Crippen LogP contribution in [0.1, 0.15) is 32.7 Å². The van der Waals surface area contributed by atoms with Crippen LogP contribution in [0.5, 0.6) is 17.2 Å². The molecule has 0 radical (unpaired) electrons. The highest BCUT2D eigenvalue weighted by molar-refractivity contribution is 7.99. The molecule has 0 saturated carbocycles. The number of aromatic nitrogens is 3. The molecule has 32 heavy (non-hydrogen) atoms. The Morgan fingerprint density at radius 2 is 1.81 bits per heavy atom. The van der Waals surface area contributed by atoms with E-state index in [9.17, 15) is 4.79 Å². The predicted molar refractivity (Wildman–Crippen MR) is 125 cm³/mol. The number of anilines is 1. The minimum absolute atomic E-state index is 0.121. The van der Waals surface area contributed by atoms with Gasteiger partial charge in [0, 0.05) is 12.2 Å². The van der Waals surface area contributed by atoms with E-state index in [-0.39, 0.29) is 17.8 Å². The number of carbonyl (C=O) groups is 1. The van der Waals surface area contributed by atoms with Crippen molar-refractivity contribution in [3.63, 3.8) is 0 Å². The number of methoxy groups -OCH3 is 1. The van der Waals surface area contributed by atoms with Crippen LogP contribution in [0.2, 0.25) is 0 Å². The van der Waals surface area contributed by atoms with Crippen molar-refractivity contribution in [2.75, 3.05) is 24.8 Å². The van der Waals surface area contributed by atoms with Crippen LogP contribution in [-0.4, -0.2) is 40.1 Å². The molecule has 1 unspecified atom stereocenters. The second kappa shape index (κ2) is 11.4. The fourth-order valence-corrected chi connectivity index (χ4v) is 3.90. The van der Waals surface area contributed by atoms with E-state index >= 15 is 0 Å². The molecule has 0 saturated heterocycles. The van der Waals surface area contributed by atoms with Gasteiger partial charge in [-0.1, -0.05) is 23.9 Å². The first-order valence-electron chi connectivity index (χ1n) is 10.4. The van der Waals surface area contributed by atoms with Gasteiger partial charge in [0.25, 0.3) is 0 Å². The maximum absolute atomic E-state index is 12.4. The lowest BCUT2D eigenvalue weighted by molar-refractivity contribution is -0.113. The van der Waals surface area contributed by atoms with Gasteiger partial charge in [-0.15, -0.1) is 10.2 Å². The summed E-state index contributed by atoms with van der Waals surface area (Å²) in [5.74, 6) is 2.84. The van der Waals surface area contributed by atoms with Crippen molar-refractivity contribution in [2.24, 2.45) is 0 Å². The molecule has 0 aliphatic rings. The monoisotopic (exact) mass is 456 g/mol. The van der Waals surface area contributed by atoms with Crippen molar-refractivity contribution in [1.29, 1.82) is 0 Å². The molecule has 170 valence electrons. The van der Waals surface area contributed by atoms with Crippen molar-refractivity contribution >= 4 is 23.4 Å². The van der Waals surface area contributed by atoms with Gasteiger partial charge in [-0.05, 0) is 57.2 Å². The molecule has 0 aliphatic heterocycles. The molecular weight excluding hydrogens is 428 g/mol. The van der Waals surface area contributed by atoms with Crippen LogP contribution in [0.3, 0.4) is 0 Å². The molecule has 3 aromatic rings. The molecule has 3 rings (SSSR count). The number of rotatable bonds is 11. The summed E-state index contributed by atoms with van der Waals surface area (Å²) in [7, 11) is 1.61. The largest absolute Gasteiger partial charge is 0.494 e. The molecule has 1 heterocycles. The Kier molecular flexibility index (Phi) is 8.38. The van der Waals surface area contributed by atoms with Crippen molar-refractivity contribution in [3.05, 3.63) is 54.4 Å². The van der Waals surface area contributed by atoms with Crippen LogP contribution >= 0.6 is 11.8 Å². The van der Waals surface area contributed by atoms with E-state index in [0.717, 1.165) is 11.4 Å². The topological polar surface area (TPSA) is 87.5 Å². The van der Waals surface area contributed by atoms with E-state index in [2.05, 4.69) is 15.5 Å². The highest BCUT2D eigenvalue weighted by Crippen LogP contribution is 2.31. The number of hydrogen-bond donors (Lipinski definition) is 1. The van der Waals surface area contributed by atoms with Crippen molar-refractivity contribution in [3.8, 4) is 17.2 Å². The van der Waals surface area contributed by atoms with Crippen LogP contribution in [0.4, 0.5) is 5.69 Å². The Morgan fingerprint density at radius 3 is 2.47 bits per heavy atom. The molecule has 1 aromatic heterocycles. The molecule has 8 nitrogen and oxygen atoms in total. The first-order valence-corrected chi connectivity index (χ1v) is 11.4. The van der Waals surface area contributed by atoms with Gasteiger partial charge in [0.05, 0.1) is 19.5 Å². The number of nitrogens with one attached hydrogen (secondary N) is 1. The normalized spacial score (nSPS) is 11.6. The molecule has 0 bridgehead atoms. The van der Waals surface area contributed by atoms with E-state index in [1.165, 1.54) is 11.8 Å². The fourth-order valence-electron chi connectivity index (χ4n) is 3.09. The maximum atomic E-state index is 12.4. The number of benzene rings is 2. The molecule has 0 spiro atoms. The van der Waals surface area contributed by atoms with Gasteiger partial charge < -0.3 is 24.1 Å². The molecule has 0 aliphatic carbocycles. The van der Waals surface area contributed by atoms with E-state index in [0.29, 0.717) is 35.6 Å². The summed E-state index contributed by atoms with van der Waals surface area (Å²) in [5.41, 5.74) is 0.718. The van der Waals surface area contributed by atoms with Crippen LogP contribution in [0.15, 0.2) is 53.7 Å². The van der Waals surface area contributed by atoms with Gasteiger partial charge in [0.1, 0.15) is 5.75 Å². The summed E-state index contributed by atoms with van der Waals surface area (Å²) in [6.07, 6.45) is -0.342. The number of thioether (sulfide) groups is 1. The lowest BCUT2D eigenvalue weighted by atomic mass is 10.3. The Labute approximate surface area is 192 Å².